The minimum atomic E-state index is -1.21. The number of esters is 1. The number of piperidine rings is 1. The molecule has 2 atom stereocenters. The number of likely N-dealkylation sites (tertiary alicyclic amines) is 1. The first-order chi connectivity index (χ1) is 28.9. The lowest BCUT2D eigenvalue weighted by Crippen LogP contribution is -2.55. The molecule has 17 heteroatoms. The van der Waals surface area contributed by atoms with Crippen molar-refractivity contribution in [2.24, 2.45) is 5.41 Å². The molecule has 1 saturated heterocycles. The molecule has 0 aliphatic carbocycles. The number of amides is 3. The van der Waals surface area contributed by atoms with Gasteiger partial charge in [-0.1, -0.05) is 35.3 Å². The molecule has 14 nitrogen and oxygen atoms in total. The Labute approximate surface area is 372 Å². The molecular weight excluding hydrogens is 844 g/mol. The summed E-state index contributed by atoms with van der Waals surface area (Å²) in [5, 5.41) is 0.775. The Hall–Kier alpha value is -5.15. The van der Waals surface area contributed by atoms with Crippen LogP contribution in [0.15, 0.2) is 48.5 Å². The van der Waals surface area contributed by atoms with Crippen LogP contribution in [0.4, 0.5) is 36.7 Å². The fourth-order valence-electron chi connectivity index (χ4n) is 7.63. The number of nitrogens with zero attached hydrogens (tertiary/aromatic N) is 5. The summed E-state index contributed by atoms with van der Waals surface area (Å²) >= 11 is 13.2. The maximum Gasteiger partial charge on any atom is 0.415 e. The van der Waals surface area contributed by atoms with E-state index in [4.69, 9.17) is 46.9 Å². The highest BCUT2D eigenvalue weighted by Gasteiger charge is 2.44. The maximum atomic E-state index is 14.3. The van der Waals surface area contributed by atoms with Gasteiger partial charge >= 0.3 is 18.2 Å². The molecule has 0 N–H and O–H groups in total. The zero-order valence-electron chi connectivity index (χ0n) is 37.0. The predicted octanol–water partition coefficient (Wildman–Crippen LogP) is 8.36. The molecule has 1 fully saturated rings. The maximum absolute atomic E-state index is 14.3. The van der Waals surface area contributed by atoms with Gasteiger partial charge in [-0.25, -0.2) is 18.8 Å². The van der Waals surface area contributed by atoms with Gasteiger partial charge in [0.25, 0.3) is 5.91 Å². The molecule has 62 heavy (non-hydrogen) atoms. The van der Waals surface area contributed by atoms with Gasteiger partial charge in [0.05, 0.1) is 52.5 Å². The highest BCUT2D eigenvalue weighted by Crippen LogP contribution is 2.44. The number of rotatable bonds is 8. The van der Waals surface area contributed by atoms with Crippen LogP contribution in [-0.2, 0) is 30.2 Å². The van der Waals surface area contributed by atoms with E-state index in [9.17, 15) is 23.6 Å². The second-order valence-corrected chi connectivity index (χ2v) is 19.3. The van der Waals surface area contributed by atoms with E-state index in [0.717, 1.165) is 5.56 Å². The summed E-state index contributed by atoms with van der Waals surface area (Å²) in [6.45, 7) is 10.7. The molecule has 3 amide bonds. The third kappa shape index (κ3) is 10.7. The normalized spacial score (nSPS) is 18.4. The van der Waals surface area contributed by atoms with Crippen molar-refractivity contribution in [3.63, 3.8) is 0 Å². The zero-order chi connectivity index (χ0) is 45.5. The van der Waals surface area contributed by atoms with E-state index in [-0.39, 0.29) is 50.3 Å². The van der Waals surface area contributed by atoms with Crippen molar-refractivity contribution in [3.05, 3.63) is 70.0 Å². The van der Waals surface area contributed by atoms with Gasteiger partial charge in [-0.15, -0.1) is 0 Å². The van der Waals surface area contributed by atoms with Crippen LogP contribution in [0.2, 0.25) is 10.0 Å². The first-order valence-corrected chi connectivity index (χ1v) is 21.2. The summed E-state index contributed by atoms with van der Waals surface area (Å²) in [6, 6.07) is 12.7. The minimum Gasteiger partial charge on any atom is -0.476 e. The molecule has 3 aliphatic rings. The Bertz CT molecular complexity index is 2180. The molecule has 0 radical (unpaired) electrons. The highest BCUT2D eigenvalue weighted by atomic mass is 35.5. The van der Waals surface area contributed by atoms with Crippen molar-refractivity contribution < 1.29 is 47.3 Å². The molecule has 336 valence electrons. The van der Waals surface area contributed by atoms with Crippen LogP contribution in [0.5, 0.6) is 11.5 Å². The average Bonchev–Trinajstić information content (AvgIpc) is 3.18. The summed E-state index contributed by atoms with van der Waals surface area (Å²) < 4.78 is 44.1. The lowest BCUT2D eigenvalue weighted by Gasteiger charge is -2.43. The standard InChI is InChI=1S/C45H56Cl2FN5O9/c1-43(2,3)61-41(56)52-24-37(59-35-21-31(49(7)8)29(46)19-33(35)52)39(54)51-17-15-45(16-18-51,23-27-11-13-28(48)14-12-27)26-58-40(55)38-25-53(42(57)62-44(4,5)6)34-20-30(47)32(50(9)10)22-36(34)60-38/h11-14,19-22,37-38H,15-18,23-26H2,1-10H3. The van der Waals surface area contributed by atoms with Crippen molar-refractivity contribution in [1.29, 1.82) is 0 Å². The first-order valence-electron chi connectivity index (χ1n) is 20.5. The number of fused-ring (bicyclic) bond motifs is 2. The molecule has 6 rings (SSSR count). The van der Waals surface area contributed by atoms with E-state index >= 15 is 0 Å². The predicted molar refractivity (Wildman–Crippen MR) is 237 cm³/mol. The van der Waals surface area contributed by atoms with Gasteiger partial charge in [0.1, 0.15) is 28.5 Å². The number of benzene rings is 3. The Balaban J connectivity index is 1.22. The molecule has 0 saturated carbocycles. The van der Waals surface area contributed by atoms with E-state index in [1.54, 1.807) is 92.6 Å². The monoisotopic (exact) mass is 899 g/mol. The van der Waals surface area contributed by atoms with Crippen LogP contribution >= 0.6 is 23.2 Å². The zero-order valence-corrected chi connectivity index (χ0v) is 38.5. The third-order valence-electron chi connectivity index (χ3n) is 10.8. The Morgan fingerprint density at radius 2 is 1.19 bits per heavy atom. The summed E-state index contributed by atoms with van der Waals surface area (Å²) in [5.41, 5.74) is 0.524. The van der Waals surface area contributed by atoms with Gasteiger partial charge in [0, 0.05) is 58.8 Å². The Morgan fingerprint density at radius 1 is 0.742 bits per heavy atom. The SMILES string of the molecule is CN(C)c1cc2c(cc1Cl)N(C(=O)OC(C)(C)C)CC(C(=O)OCC1(Cc3ccc(F)cc3)CCN(C(=O)C3CN(C(=O)OC(C)(C)C)c4cc(Cl)c(N(C)C)cc4O3)CC1)O2. The van der Waals surface area contributed by atoms with Gasteiger partial charge in [-0.2, -0.15) is 0 Å². The van der Waals surface area contributed by atoms with Gasteiger partial charge < -0.3 is 38.4 Å². The quantitative estimate of drug-likeness (QED) is 0.160. The number of hydrogen-bond donors (Lipinski definition) is 0. The van der Waals surface area contributed by atoms with Crippen LogP contribution in [0.3, 0.4) is 0 Å². The van der Waals surface area contributed by atoms with Crippen LogP contribution < -0.4 is 29.1 Å². The molecule has 3 aliphatic heterocycles. The van der Waals surface area contributed by atoms with E-state index in [2.05, 4.69) is 0 Å². The van der Waals surface area contributed by atoms with Crippen molar-refractivity contribution in [3.8, 4) is 11.5 Å². The molecule has 0 spiro atoms. The first kappa shape index (κ1) is 46.4. The minimum absolute atomic E-state index is 0.0538. The van der Waals surface area contributed by atoms with Crippen LogP contribution in [-0.4, -0.2) is 113 Å². The molecule has 0 aromatic heterocycles. The average molecular weight is 901 g/mol. The topological polar surface area (TPSA) is 131 Å². The summed E-state index contributed by atoms with van der Waals surface area (Å²) in [4.78, 5) is 63.4. The summed E-state index contributed by atoms with van der Waals surface area (Å²) in [7, 11) is 7.27. The summed E-state index contributed by atoms with van der Waals surface area (Å²) in [6.07, 6.45) is -2.36. The largest absolute Gasteiger partial charge is 0.476 e. The smallest absolute Gasteiger partial charge is 0.415 e. The van der Waals surface area contributed by atoms with Crippen molar-refractivity contribution in [2.45, 2.75) is 84.2 Å². The van der Waals surface area contributed by atoms with Gasteiger partial charge in [-0.3, -0.25) is 14.6 Å². The van der Waals surface area contributed by atoms with Crippen molar-refractivity contribution in [2.75, 3.05) is 80.6 Å². The number of ether oxygens (including phenoxy) is 5. The number of hydrogen-bond acceptors (Lipinski definition) is 11. The Kier molecular flexibility index (Phi) is 13.4. The van der Waals surface area contributed by atoms with Gasteiger partial charge in [0.2, 0.25) is 6.10 Å². The molecule has 2 unspecified atom stereocenters. The molecule has 3 aromatic rings. The summed E-state index contributed by atoms with van der Waals surface area (Å²) in [5.74, 6) is -0.847. The number of halogens is 3. The lowest BCUT2D eigenvalue weighted by molar-refractivity contribution is -0.158. The second-order valence-electron chi connectivity index (χ2n) is 18.5. The van der Waals surface area contributed by atoms with Gasteiger partial charge in [-0.05, 0) is 90.6 Å². The van der Waals surface area contributed by atoms with E-state index in [0.29, 0.717) is 57.8 Å². The van der Waals surface area contributed by atoms with E-state index in [1.165, 1.54) is 21.9 Å². The van der Waals surface area contributed by atoms with Crippen molar-refractivity contribution >= 4 is 70.0 Å². The van der Waals surface area contributed by atoms with Crippen LogP contribution in [0.25, 0.3) is 0 Å². The van der Waals surface area contributed by atoms with E-state index in [1.807, 2.05) is 28.2 Å². The fourth-order valence-corrected chi connectivity index (χ4v) is 8.28. The molecule has 3 aromatic carbocycles. The van der Waals surface area contributed by atoms with Crippen LogP contribution in [0.1, 0.15) is 59.9 Å². The molecular formula is C45H56Cl2FN5O9. The van der Waals surface area contributed by atoms with Crippen molar-refractivity contribution in [1.82, 2.24) is 4.90 Å². The van der Waals surface area contributed by atoms with Crippen LogP contribution in [0, 0.1) is 11.2 Å². The number of carbonyl (C=O) groups excluding carboxylic acids is 4. The fraction of sp³-hybridized carbons (Fsp3) is 0.511. The Morgan fingerprint density at radius 3 is 1.65 bits per heavy atom. The molecule has 3 heterocycles. The highest BCUT2D eigenvalue weighted by molar-refractivity contribution is 6.34. The lowest BCUT2D eigenvalue weighted by atomic mass is 9.74. The van der Waals surface area contributed by atoms with E-state index < -0.39 is 47.0 Å². The number of carbonyl (C=O) groups is 4. The number of anilines is 4. The molecule has 0 bridgehead atoms. The second kappa shape index (κ2) is 17.9. The van der Waals surface area contributed by atoms with Gasteiger partial charge in [0.15, 0.2) is 6.10 Å². The third-order valence-corrected chi connectivity index (χ3v) is 11.4.